The Bertz CT molecular complexity index is 247. The molecule has 0 heterocycles. The molecule has 0 amide bonds. The van der Waals surface area contributed by atoms with E-state index in [-0.39, 0.29) is 12.0 Å². The maximum absolute atomic E-state index is 11.7. The molecule has 2 atom stereocenters. The van der Waals surface area contributed by atoms with Crippen molar-refractivity contribution < 1.29 is 9.53 Å². The number of esters is 1. The van der Waals surface area contributed by atoms with Crippen molar-refractivity contribution in [2.24, 2.45) is 17.8 Å². The zero-order chi connectivity index (χ0) is 13.0. The van der Waals surface area contributed by atoms with Crippen LogP contribution in [-0.2, 0) is 9.53 Å². The highest BCUT2D eigenvalue weighted by atomic mass is 16.5. The highest BCUT2D eigenvalue weighted by Gasteiger charge is 2.35. The molecule has 1 fully saturated rings. The van der Waals surface area contributed by atoms with Crippen LogP contribution in [0.2, 0.25) is 0 Å². The summed E-state index contributed by atoms with van der Waals surface area (Å²) in [5, 5.41) is 3.47. The van der Waals surface area contributed by atoms with E-state index in [1.165, 1.54) is 20.0 Å². The zero-order valence-corrected chi connectivity index (χ0v) is 11.8. The van der Waals surface area contributed by atoms with Gasteiger partial charge in [0.2, 0.25) is 0 Å². The van der Waals surface area contributed by atoms with Crippen LogP contribution in [0.15, 0.2) is 0 Å². The summed E-state index contributed by atoms with van der Waals surface area (Å²) < 4.78 is 4.88. The van der Waals surface area contributed by atoms with Crippen molar-refractivity contribution in [3.05, 3.63) is 0 Å². The highest BCUT2D eigenvalue weighted by molar-refractivity contribution is 5.76. The first-order chi connectivity index (χ1) is 7.99. The first-order valence-corrected chi connectivity index (χ1v) is 6.83. The van der Waals surface area contributed by atoms with Crippen molar-refractivity contribution in [2.75, 3.05) is 7.11 Å². The predicted octanol–water partition coefficient (Wildman–Crippen LogP) is 2.60. The Labute approximate surface area is 105 Å². The second kappa shape index (κ2) is 6.39. The Balaban J connectivity index is 2.43. The lowest BCUT2D eigenvalue weighted by Gasteiger charge is -2.41. The standard InChI is InChI=1S/C14H27NO2/c1-6-10(4)13(14(16)17-5)15-12-7-11(8-12)9(2)3/h9-13,15H,6-8H2,1-5H3. The van der Waals surface area contributed by atoms with Gasteiger partial charge < -0.3 is 10.1 Å². The van der Waals surface area contributed by atoms with Gasteiger partial charge in [0.05, 0.1) is 7.11 Å². The number of hydrogen-bond acceptors (Lipinski definition) is 3. The van der Waals surface area contributed by atoms with Gasteiger partial charge in [-0.3, -0.25) is 4.79 Å². The van der Waals surface area contributed by atoms with Crippen LogP contribution in [0.3, 0.4) is 0 Å². The molecule has 1 saturated carbocycles. The summed E-state index contributed by atoms with van der Waals surface area (Å²) in [6.07, 6.45) is 3.39. The lowest BCUT2D eigenvalue weighted by molar-refractivity contribution is -0.145. The van der Waals surface area contributed by atoms with Crippen LogP contribution in [0.1, 0.15) is 47.0 Å². The molecule has 0 aliphatic heterocycles. The van der Waals surface area contributed by atoms with Crippen molar-refractivity contribution in [2.45, 2.75) is 59.0 Å². The second-order valence-electron chi connectivity index (χ2n) is 5.73. The maximum Gasteiger partial charge on any atom is 0.323 e. The van der Waals surface area contributed by atoms with E-state index in [0.717, 1.165) is 18.3 Å². The van der Waals surface area contributed by atoms with Crippen LogP contribution in [0.25, 0.3) is 0 Å². The van der Waals surface area contributed by atoms with Gasteiger partial charge in [0.25, 0.3) is 0 Å². The Morgan fingerprint density at radius 1 is 1.35 bits per heavy atom. The smallest absolute Gasteiger partial charge is 0.323 e. The van der Waals surface area contributed by atoms with Gasteiger partial charge in [-0.1, -0.05) is 34.1 Å². The monoisotopic (exact) mass is 241 g/mol. The van der Waals surface area contributed by atoms with Crippen molar-refractivity contribution in [1.29, 1.82) is 0 Å². The quantitative estimate of drug-likeness (QED) is 0.726. The number of ether oxygens (including phenoxy) is 1. The SMILES string of the molecule is CCC(C)C(NC1CC(C(C)C)C1)C(=O)OC. The molecular formula is C14H27NO2. The van der Waals surface area contributed by atoms with E-state index in [9.17, 15) is 4.79 Å². The molecule has 0 aromatic rings. The van der Waals surface area contributed by atoms with Crippen LogP contribution in [0.4, 0.5) is 0 Å². The van der Waals surface area contributed by atoms with E-state index < -0.39 is 0 Å². The van der Waals surface area contributed by atoms with Crippen molar-refractivity contribution in [3.8, 4) is 0 Å². The third-order valence-corrected chi connectivity index (χ3v) is 4.20. The molecule has 0 aromatic carbocycles. The minimum Gasteiger partial charge on any atom is -0.468 e. The normalized spacial score (nSPS) is 27.4. The molecule has 1 rings (SSSR count). The molecule has 100 valence electrons. The Morgan fingerprint density at radius 2 is 1.94 bits per heavy atom. The molecule has 0 spiro atoms. The van der Waals surface area contributed by atoms with Crippen LogP contribution >= 0.6 is 0 Å². The fourth-order valence-electron chi connectivity index (χ4n) is 2.42. The Hall–Kier alpha value is -0.570. The van der Waals surface area contributed by atoms with Crippen LogP contribution in [0.5, 0.6) is 0 Å². The lowest BCUT2D eigenvalue weighted by atomic mass is 9.73. The number of nitrogens with one attached hydrogen (secondary N) is 1. The molecule has 0 radical (unpaired) electrons. The van der Waals surface area contributed by atoms with E-state index in [0.29, 0.717) is 12.0 Å². The van der Waals surface area contributed by atoms with E-state index in [1.54, 1.807) is 0 Å². The molecular weight excluding hydrogens is 214 g/mol. The molecule has 1 aliphatic carbocycles. The number of methoxy groups -OCH3 is 1. The van der Waals surface area contributed by atoms with Crippen molar-refractivity contribution in [1.82, 2.24) is 5.32 Å². The van der Waals surface area contributed by atoms with E-state index >= 15 is 0 Å². The molecule has 0 bridgehead atoms. The lowest BCUT2D eigenvalue weighted by Crippen LogP contribution is -2.53. The average Bonchev–Trinajstić information content (AvgIpc) is 2.25. The summed E-state index contributed by atoms with van der Waals surface area (Å²) in [6.45, 7) is 8.76. The largest absolute Gasteiger partial charge is 0.468 e. The summed E-state index contributed by atoms with van der Waals surface area (Å²) in [4.78, 5) is 11.7. The predicted molar refractivity (Wildman–Crippen MR) is 69.7 cm³/mol. The summed E-state index contributed by atoms with van der Waals surface area (Å²) in [6, 6.07) is 0.364. The van der Waals surface area contributed by atoms with Crippen LogP contribution < -0.4 is 5.32 Å². The fourth-order valence-corrected chi connectivity index (χ4v) is 2.42. The molecule has 2 unspecified atom stereocenters. The van der Waals surface area contributed by atoms with Gasteiger partial charge in [-0.05, 0) is 30.6 Å². The van der Waals surface area contributed by atoms with Gasteiger partial charge >= 0.3 is 5.97 Å². The average molecular weight is 241 g/mol. The fraction of sp³-hybridized carbons (Fsp3) is 0.929. The molecule has 1 N–H and O–H groups in total. The van der Waals surface area contributed by atoms with E-state index in [2.05, 4.69) is 33.0 Å². The highest BCUT2D eigenvalue weighted by Crippen LogP contribution is 2.34. The van der Waals surface area contributed by atoms with Crippen molar-refractivity contribution >= 4 is 5.97 Å². The first kappa shape index (κ1) is 14.5. The van der Waals surface area contributed by atoms with Gasteiger partial charge in [0.1, 0.15) is 6.04 Å². The van der Waals surface area contributed by atoms with E-state index in [1.807, 2.05) is 0 Å². The molecule has 1 aliphatic rings. The zero-order valence-electron chi connectivity index (χ0n) is 11.8. The van der Waals surface area contributed by atoms with E-state index in [4.69, 9.17) is 4.74 Å². The van der Waals surface area contributed by atoms with Gasteiger partial charge in [0.15, 0.2) is 0 Å². The van der Waals surface area contributed by atoms with Crippen LogP contribution in [0, 0.1) is 17.8 Å². The second-order valence-corrected chi connectivity index (χ2v) is 5.73. The third-order valence-electron chi connectivity index (χ3n) is 4.20. The molecule has 3 nitrogen and oxygen atoms in total. The maximum atomic E-state index is 11.7. The first-order valence-electron chi connectivity index (χ1n) is 6.83. The summed E-state index contributed by atoms with van der Waals surface area (Å²) in [5.41, 5.74) is 0. The Kier molecular flexibility index (Phi) is 5.44. The number of carbonyl (C=O) groups is 1. The summed E-state index contributed by atoms with van der Waals surface area (Å²) in [5.74, 6) is 1.80. The number of rotatable bonds is 6. The molecule has 3 heteroatoms. The number of carbonyl (C=O) groups excluding carboxylic acids is 1. The van der Waals surface area contributed by atoms with Crippen molar-refractivity contribution in [3.63, 3.8) is 0 Å². The topological polar surface area (TPSA) is 38.3 Å². The third kappa shape index (κ3) is 3.70. The minimum absolute atomic E-state index is 0.118. The van der Waals surface area contributed by atoms with Gasteiger partial charge in [-0.2, -0.15) is 0 Å². The summed E-state index contributed by atoms with van der Waals surface area (Å²) in [7, 11) is 1.47. The molecule has 0 saturated heterocycles. The number of hydrogen-bond donors (Lipinski definition) is 1. The van der Waals surface area contributed by atoms with Crippen LogP contribution in [-0.4, -0.2) is 25.2 Å². The summed E-state index contributed by atoms with van der Waals surface area (Å²) >= 11 is 0. The Morgan fingerprint density at radius 3 is 2.35 bits per heavy atom. The van der Waals surface area contributed by atoms with Gasteiger partial charge in [-0.15, -0.1) is 0 Å². The minimum atomic E-state index is -0.136. The molecule has 0 aromatic heterocycles. The van der Waals surface area contributed by atoms with Gasteiger partial charge in [0, 0.05) is 6.04 Å². The molecule has 17 heavy (non-hydrogen) atoms. The van der Waals surface area contributed by atoms with Gasteiger partial charge in [-0.25, -0.2) is 0 Å².